The molecule has 0 spiro atoms. The third-order valence-electron chi connectivity index (χ3n) is 6.01. The fraction of sp³-hybridized carbons (Fsp3) is 0.682. The van der Waals surface area contributed by atoms with E-state index in [0.717, 1.165) is 13.0 Å². The Labute approximate surface area is 193 Å². The monoisotopic (exact) mass is 464 g/mol. The van der Waals surface area contributed by atoms with Gasteiger partial charge in [-0.3, -0.25) is 14.4 Å². The van der Waals surface area contributed by atoms with E-state index in [2.05, 4.69) is 31.2 Å². The Morgan fingerprint density at radius 3 is 2.33 bits per heavy atom. The van der Waals surface area contributed by atoms with Gasteiger partial charge in [0.15, 0.2) is 0 Å². The van der Waals surface area contributed by atoms with E-state index >= 15 is 0 Å². The maximum Gasteiger partial charge on any atom is 0.326 e. The van der Waals surface area contributed by atoms with Crippen LogP contribution in [0.2, 0.25) is 0 Å². The first-order valence-electron chi connectivity index (χ1n) is 11.5. The van der Waals surface area contributed by atoms with Gasteiger partial charge in [-0.25, -0.2) is 9.78 Å². The van der Waals surface area contributed by atoms with Crippen LogP contribution in [0.3, 0.4) is 0 Å². The Morgan fingerprint density at radius 2 is 1.82 bits per heavy atom. The van der Waals surface area contributed by atoms with Crippen LogP contribution in [0, 0.1) is 11.8 Å². The van der Waals surface area contributed by atoms with Gasteiger partial charge < -0.3 is 31.4 Å². The molecule has 5 atom stereocenters. The molecule has 0 radical (unpaired) electrons. The minimum atomic E-state index is -1.19. The third-order valence-corrected chi connectivity index (χ3v) is 6.01. The summed E-state index contributed by atoms with van der Waals surface area (Å²) in [5.41, 5.74) is 0.563. The van der Waals surface area contributed by atoms with Gasteiger partial charge in [0.1, 0.15) is 18.1 Å². The molecule has 1 aliphatic rings. The molecule has 2 heterocycles. The Hall–Kier alpha value is -2.95. The first-order chi connectivity index (χ1) is 15.6. The summed E-state index contributed by atoms with van der Waals surface area (Å²) in [4.78, 5) is 57.0. The average Bonchev–Trinajstić information content (AvgIpc) is 3.48. The molecule has 5 unspecified atom stereocenters. The minimum Gasteiger partial charge on any atom is -0.480 e. The molecule has 0 aromatic carbocycles. The zero-order chi connectivity index (χ0) is 24.5. The SMILES string of the molecule is CCC(C)C(NC(=O)C1CCCN1)C(=O)NC(C(=O)NC(Cc1cnc[nH]1)C(=O)O)C(C)C. The normalized spacial score (nSPS) is 19.4. The van der Waals surface area contributed by atoms with Crippen LogP contribution >= 0.6 is 0 Å². The molecular weight excluding hydrogens is 428 g/mol. The summed E-state index contributed by atoms with van der Waals surface area (Å²) in [5, 5.41) is 20.7. The molecule has 1 aromatic heterocycles. The van der Waals surface area contributed by atoms with Crippen molar-refractivity contribution in [2.75, 3.05) is 6.54 Å². The highest BCUT2D eigenvalue weighted by Gasteiger charge is 2.34. The predicted molar refractivity (Wildman–Crippen MR) is 121 cm³/mol. The predicted octanol–water partition coefficient (Wildman–Crippen LogP) is -0.0547. The van der Waals surface area contributed by atoms with E-state index in [9.17, 15) is 24.3 Å². The number of aliphatic carboxylic acids is 1. The molecule has 33 heavy (non-hydrogen) atoms. The molecule has 1 aromatic rings. The van der Waals surface area contributed by atoms with Crippen LogP contribution < -0.4 is 21.3 Å². The van der Waals surface area contributed by atoms with Crippen molar-refractivity contribution in [3.05, 3.63) is 18.2 Å². The molecule has 6 N–H and O–H groups in total. The summed E-state index contributed by atoms with van der Waals surface area (Å²) in [5.74, 6) is -2.95. The number of aromatic nitrogens is 2. The number of carbonyl (C=O) groups is 4. The Bertz CT molecular complexity index is 806. The number of aromatic amines is 1. The van der Waals surface area contributed by atoms with Crippen molar-refractivity contribution in [3.8, 4) is 0 Å². The maximum absolute atomic E-state index is 13.1. The number of carboxylic acid groups (broad SMARTS) is 1. The Morgan fingerprint density at radius 1 is 1.12 bits per heavy atom. The fourth-order valence-electron chi connectivity index (χ4n) is 3.72. The van der Waals surface area contributed by atoms with Crippen LogP contribution in [0.4, 0.5) is 0 Å². The number of amides is 3. The molecular formula is C22H36N6O5. The van der Waals surface area contributed by atoms with Gasteiger partial charge in [-0.2, -0.15) is 0 Å². The average molecular weight is 465 g/mol. The summed E-state index contributed by atoms with van der Waals surface area (Å²) in [6, 6.07) is -3.28. The number of carbonyl (C=O) groups excluding carboxylic acids is 3. The van der Waals surface area contributed by atoms with E-state index < -0.39 is 35.9 Å². The number of imidazole rings is 1. The van der Waals surface area contributed by atoms with Crippen molar-refractivity contribution in [1.29, 1.82) is 0 Å². The molecule has 11 heteroatoms. The highest BCUT2D eigenvalue weighted by molar-refractivity contribution is 5.94. The molecule has 2 rings (SSSR count). The summed E-state index contributed by atoms with van der Waals surface area (Å²) in [6.45, 7) is 8.06. The second kappa shape index (κ2) is 12.3. The second-order valence-electron chi connectivity index (χ2n) is 8.93. The molecule has 184 valence electrons. The standard InChI is InChI=1S/C22H36N6O5/c1-5-13(4)18(28-19(29)15-7-6-8-24-15)21(31)27-17(12(2)3)20(30)26-16(22(32)33)9-14-10-23-11-25-14/h10-13,15-18,24H,5-9H2,1-4H3,(H,23,25)(H,26,30)(H,27,31)(H,28,29)(H,32,33). The van der Waals surface area contributed by atoms with E-state index in [0.29, 0.717) is 18.5 Å². The lowest BCUT2D eigenvalue weighted by molar-refractivity contribution is -0.142. The van der Waals surface area contributed by atoms with Gasteiger partial charge >= 0.3 is 5.97 Å². The van der Waals surface area contributed by atoms with Crippen molar-refractivity contribution in [2.45, 2.75) is 77.5 Å². The quantitative estimate of drug-likeness (QED) is 0.252. The summed E-state index contributed by atoms with van der Waals surface area (Å²) < 4.78 is 0. The molecule has 1 aliphatic heterocycles. The van der Waals surface area contributed by atoms with Gasteiger partial charge in [0.2, 0.25) is 17.7 Å². The molecule has 0 aliphatic carbocycles. The zero-order valence-electron chi connectivity index (χ0n) is 19.7. The van der Waals surface area contributed by atoms with E-state index in [-0.39, 0.29) is 30.2 Å². The van der Waals surface area contributed by atoms with Gasteiger partial charge in [-0.15, -0.1) is 0 Å². The molecule has 0 bridgehead atoms. The number of hydrogen-bond donors (Lipinski definition) is 6. The van der Waals surface area contributed by atoms with Crippen LogP contribution in [0.1, 0.15) is 52.7 Å². The van der Waals surface area contributed by atoms with E-state index in [4.69, 9.17) is 0 Å². The van der Waals surface area contributed by atoms with Gasteiger partial charge in [0.05, 0.1) is 12.4 Å². The number of nitrogens with one attached hydrogen (secondary N) is 5. The number of carboxylic acids is 1. The van der Waals surface area contributed by atoms with E-state index in [1.807, 2.05) is 13.8 Å². The summed E-state index contributed by atoms with van der Waals surface area (Å²) in [7, 11) is 0. The Balaban J connectivity index is 2.08. The van der Waals surface area contributed by atoms with Crippen LogP contribution in [0.25, 0.3) is 0 Å². The van der Waals surface area contributed by atoms with E-state index in [1.165, 1.54) is 12.5 Å². The molecule has 0 saturated carbocycles. The van der Waals surface area contributed by atoms with Gasteiger partial charge in [-0.1, -0.05) is 34.1 Å². The molecule has 3 amide bonds. The highest BCUT2D eigenvalue weighted by atomic mass is 16.4. The summed E-state index contributed by atoms with van der Waals surface area (Å²) >= 11 is 0. The number of nitrogens with zero attached hydrogens (tertiary/aromatic N) is 1. The smallest absolute Gasteiger partial charge is 0.326 e. The topological polar surface area (TPSA) is 165 Å². The van der Waals surface area contributed by atoms with Crippen molar-refractivity contribution in [2.24, 2.45) is 11.8 Å². The van der Waals surface area contributed by atoms with Gasteiger partial charge in [-0.05, 0) is 31.2 Å². The number of H-pyrrole nitrogens is 1. The van der Waals surface area contributed by atoms with Crippen molar-refractivity contribution >= 4 is 23.7 Å². The Kier molecular flexibility index (Phi) is 9.83. The zero-order valence-corrected chi connectivity index (χ0v) is 19.7. The lowest BCUT2D eigenvalue weighted by atomic mass is 9.96. The van der Waals surface area contributed by atoms with Crippen LogP contribution in [-0.4, -0.2) is 69.5 Å². The van der Waals surface area contributed by atoms with Crippen molar-refractivity contribution < 1.29 is 24.3 Å². The van der Waals surface area contributed by atoms with Crippen LogP contribution in [0.5, 0.6) is 0 Å². The molecule has 1 saturated heterocycles. The second-order valence-corrected chi connectivity index (χ2v) is 8.93. The van der Waals surface area contributed by atoms with Crippen LogP contribution in [-0.2, 0) is 25.6 Å². The highest BCUT2D eigenvalue weighted by Crippen LogP contribution is 2.13. The van der Waals surface area contributed by atoms with Crippen molar-refractivity contribution in [1.82, 2.24) is 31.2 Å². The van der Waals surface area contributed by atoms with Gasteiger partial charge in [0.25, 0.3) is 0 Å². The number of rotatable bonds is 12. The third kappa shape index (κ3) is 7.55. The van der Waals surface area contributed by atoms with Gasteiger partial charge in [0, 0.05) is 18.3 Å². The molecule has 11 nitrogen and oxygen atoms in total. The van der Waals surface area contributed by atoms with Crippen LogP contribution in [0.15, 0.2) is 12.5 Å². The first kappa shape index (κ1) is 26.3. The van der Waals surface area contributed by atoms with Crippen molar-refractivity contribution in [3.63, 3.8) is 0 Å². The first-order valence-corrected chi connectivity index (χ1v) is 11.5. The molecule has 1 fully saturated rings. The number of hydrogen-bond acceptors (Lipinski definition) is 6. The summed E-state index contributed by atoms with van der Waals surface area (Å²) in [6.07, 6.45) is 5.21. The fourth-order valence-corrected chi connectivity index (χ4v) is 3.72. The lowest BCUT2D eigenvalue weighted by Crippen LogP contribution is -2.59. The lowest BCUT2D eigenvalue weighted by Gasteiger charge is -2.29. The largest absolute Gasteiger partial charge is 0.480 e. The van der Waals surface area contributed by atoms with E-state index in [1.54, 1.807) is 13.8 Å². The minimum absolute atomic E-state index is 0.0276. The maximum atomic E-state index is 13.1.